The number of nitro groups is 1. The van der Waals surface area contributed by atoms with Crippen LogP contribution in [0.1, 0.15) is 18.9 Å². The van der Waals surface area contributed by atoms with Crippen molar-refractivity contribution in [1.82, 2.24) is 0 Å². The molecular formula is C20H22N2O7. The van der Waals surface area contributed by atoms with Gasteiger partial charge in [0, 0.05) is 18.6 Å². The smallest absolute Gasteiger partial charge is 0.306 e. The van der Waals surface area contributed by atoms with Gasteiger partial charge < -0.3 is 19.5 Å². The number of methoxy groups -OCH3 is 2. The first-order valence-corrected chi connectivity index (χ1v) is 8.79. The molecule has 0 spiro atoms. The van der Waals surface area contributed by atoms with Gasteiger partial charge in [0.05, 0.1) is 19.1 Å². The topological polar surface area (TPSA) is 117 Å². The Labute approximate surface area is 167 Å². The summed E-state index contributed by atoms with van der Waals surface area (Å²) >= 11 is 0. The maximum absolute atomic E-state index is 12.2. The van der Waals surface area contributed by atoms with Crippen LogP contribution in [0.25, 0.3) is 0 Å². The Kier molecular flexibility index (Phi) is 7.53. The Morgan fingerprint density at radius 2 is 1.72 bits per heavy atom. The molecular weight excluding hydrogens is 380 g/mol. The number of hydrogen-bond acceptors (Lipinski definition) is 7. The summed E-state index contributed by atoms with van der Waals surface area (Å²) in [5.74, 6) is -0.0254. The normalized spacial score (nSPS) is 11.3. The third-order valence-corrected chi connectivity index (χ3v) is 4.07. The van der Waals surface area contributed by atoms with Crippen LogP contribution in [-0.2, 0) is 20.7 Å². The lowest BCUT2D eigenvalue weighted by molar-refractivity contribution is -0.383. The molecule has 0 aliphatic rings. The zero-order valence-corrected chi connectivity index (χ0v) is 16.3. The lowest BCUT2D eigenvalue weighted by Crippen LogP contribution is -2.30. The zero-order chi connectivity index (χ0) is 21.4. The van der Waals surface area contributed by atoms with Crippen LogP contribution in [0.3, 0.4) is 0 Å². The average Bonchev–Trinajstić information content (AvgIpc) is 2.72. The van der Waals surface area contributed by atoms with E-state index in [0.717, 1.165) is 5.56 Å². The molecule has 9 heteroatoms. The van der Waals surface area contributed by atoms with Gasteiger partial charge in [0.25, 0.3) is 11.6 Å². The molecule has 2 aromatic carbocycles. The molecule has 0 aromatic heterocycles. The standard InChI is InChI=1S/C20H22N2O7/c1-13(20(24)21-17-6-4-5-7-18(17)22(25)26)29-19(23)9-8-14-10-15(27-2)12-16(11-14)28-3/h4-7,10-13H,8-9H2,1-3H3,(H,21,24)/t13-/m0/s1. The number of nitrogens with zero attached hydrogens (tertiary/aromatic N) is 1. The van der Waals surface area contributed by atoms with E-state index < -0.39 is 22.9 Å². The van der Waals surface area contributed by atoms with E-state index in [4.69, 9.17) is 14.2 Å². The molecule has 0 aliphatic carbocycles. The lowest BCUT2D eigenvalue weighted by Gasteiger charge is -2.14. The van der Waals surface area contributed by atoms with Crippen LogP contribution in [-0.4, -0.2) is 37.1 Å². The molecule has 1 N–H and O–H groups in total. The molecule has 2 aromatic rings. The Balaban J connectivity index is 1.92. The van der Waals surface area contributed by atoms with Crippen molar-refractivity contribution in [3.63, 3.8) is 0 Å². The fraction of sp³-hybridized carbons (Fsp3) is 0.300. The van der Waals surface area contributed by atoms with Gasteiger partial charge in [-0.1, -0.05) is 12.1 Å². The van der Waals surface area contributed by atoms with Gasteiger partial charge in [-0.15, -0.1) is 0 Å². The van der Waals surface area contributed by atoms with Crippen LogP contribution >= 0.6 is 0 Å². The number of esters is 1. The largest absolute Gasteiger partial charge is 0.497 e. The van der Waals surface area contributed by atoms with Crippen molar-refractivity contribution in [2.75, 3.05) is 19.5 Å². The van der Waals surface area contributed by atoms with Gasteiger partial charge in [-0.2, -0.15) is 0 Å². The van der Waals surface area contributed by atoms with E-state index in [-0.39, 0.29) is 17.8 Å². The molecule has 29 heavy (non-hydrogen) atoms. The zero-order valence-electron chi connectivity index (χ0n) is 16.3. The molecule has 1 amide bonds. The van der Waals surface area contributed by atoms with Crippen molar-refractivity contribution in [2.24, 2.45) is 0 Å². The van der Waals surface area contributed by atoms with Crippen LogP contribution in [0.4, 0.5) is 11.4 Å². The van der Waals surface area contributed by atoms with Gasteiger partial charge in [-0.3, -0.25) is 19.7 Å². The van der Waals surface area contributed by atoms with Gasteiger partial charge >= 0.3 is 5.97 Å². The number of benzene rings is 2. The Morgan fingerprint density at radius 3 is 2.31 bits per heavy atom. The second-order valence-corrected chi connectivity index (χ2v) is 6.12. The molecule has 0 saturated heterocycles. The summed E-state index contributed by atoms with van der Waals surface area (Å²) in [5.41, 5.74) is 0.607. The van der Waals surface area contributed by atoms with E-state index in [1.54, 1.807) is 24.3 Å². The Morgan fingerprint density at radius 1 is 1.10 bits per heavy atom. The number of rotatable bonds is 9. The minimum atomic E-state index is -1.11. The summed E-state index contributed by atoms with van der Waals surface area (Å²) in [6.45, 7) is 1.40. The summed E-state index contributed by atoms with van der Waals surface area (Å²) in [6.07, 6.45) is -0.702. The van der Waals surface area contributed by atoms with Gasteiger partial charge in [0.2, 0.25) is 0 Å². The minimum absolute atomic E-state index is 0.0360. The highest BCUT2D eigenvalue weighted by Crippen LogP contribution is 2.24. The highest BCUT2D eigenvalue weighted by Gasteiger charge is 2.21. The molecule has 0 bridgehead atoms. The molecule has 0 unspecified atom stereocenters. The first-order valence-electron chi connectivity index (χ1n) is 8.79. The first-order chi connectivity index (χ1) is 13.8. The highest BCUT2D eigenvalue weighted by atomic mass is 16.6. The van der Waals surface area contributed by atoms with E-state index in [9.17, 15) is 19.7 Å². The second-order valence-electron chi connectivity index (χ2n) is 6.12. The molecule has 2 rings (SSSR count). The number of carbonyl (C=O) groups is 2. The van der Waals surface area contributed by atoms with Crippen LogP contribution in [0.15, 0.2) is 42.5 Å². The third-order valence-electron chi connectivity index (χ3n) is 4.07. The molecule has 9 nitrogen and oxygen atoms in total. The average molecular weight is 402 g/mol. The molecule has 0 saturated carbocycles. The lowest BCUT2D eigenvalue weighted by atomic mass is 10.1. The molecule has 154 valence electrons. The van der Waals surface area contributed by atoms with Gasteiger partial charge in [0.15, 0.2) is 6.10 Å². The number of carbonyl (C=O) groups excluding carboxylic acids is 2. The van der Waals surface area contributed by atoms with Crippen molar-refractivity contribution in [2.45, 2.75) is 25.9 Å². The Hall–Kier alpha value is -3.62. The quantitative estimate of drug-likeness (QED) is 0.389. The summed E-state index contributed by atoms with van der Waals surface area (Å²) in [6, 6.07) is 11.0. The fourth-order valence-corrected chi connectivity index (χ4v) is 2.54. The molecule has 0 heterocycles. The first kappa shape index (κ1) is 21.7. The van der Waals surface area contributed by atoms with E-state index in [1.165, 1.54) is 39.3 Å². The number of aryl methyl sites for hydroxylation is 1. The summed E-state index contributed by atoms with van der Waals surface area (Å²) in [4.78, 5) is 34.7. The minimum Gasteiger partial charge on any atom is -0.497 e. The molecule has 1 atom stereocenters. The van der Waals surface area contributed by atoms with Crippen molar-refractivity contribution >= 4 is 23.3 Å². The fourth-order valence-electron chi connectivity index (χ4n) is 2.54. The number of nitro benzene ring substituents is 1. The van der Waals surface area contributed by atoms with Crippen LogP contribution in [0.2, 0.25) is 0 Å². The summed E-state index contributed by atoms with van der Waals surface area (Å²) < 4.78 is 15.5. The van der Waals surface area contributed by atoms with Crippen LogP contribution in [0.5, 0.6) is 11.5 Å². The van der Waals surface area contributed by atoms with E-state index in [0.29, 0.717) is 17.9 Å². The molecule has 0 radical (unpaired) electrons. The number of anilines is 1. The van der Waals surface area contributed by atoms with Crippen molar-refractivity contribution < 1.29 is 28.7 Å². The van der Waals surface area contributed by atoms with Crippen LogP contribution < -0.4 is 14.8 Å². The third kappa shape index (κ3) is 6.20. The van der Waals surface area contributed by atoms with Gasteiger partial charge in [-0.25, -0.2) is 0 Å². The van der Waals surface area contributed by atoms with Crippen LogP contribution in [0, 0.1) is 10.1 Å². The van der Waals surface area contributed by atoms with E-state index in [1.807, 2.05) is 0 Å². The number of nitrogens with one attached hydrogen (secondary N) is 1. The number of amides is 1. The predicted octanol–water partition coefficient (Wildman–Crippen LogP) is 3.12. The van der Waals surface area contributed by atoms with E-state index in [2.05, 4.69) is 5.32 Å². The van der Waals surface area contributed by atoms with Crippen molar-refractivity contribution in [3.8, 4) is 11.5 Å². The maximum Gasteiger partial charge on any atom is 0.306 e. The van der Waals surface area contributed by atoms with E-state index >= 15 is 0 Å². The van der Waals surface area contributed by atoms with Crippen molar-refractivity contribution in [3.05, 3.63) is 58.1 Å². The molecule has 0 fully saturated rings. The van der Waals surface area contributed by atoms with Crippen molar-refractivity contribution in [1.29, 1.82) is 0 Å². The number of hydrogen-bond donors (Lipinski definition) is 1. The number of ether oxygens (including phenoxy) is 3. The number of para-hydroxylation sites is 2. The molecule has 0 aliphatic heterocycles. The van der Waals surface area contributed by atoms with Gasteiger partial charge in [-0.05, 0) is 37.1 Å². The Bertz CT molecular complexity index is 876. The highest BCUT2D eigenvalue weighted by molar-refractivity contribution is 5.96. The van der Waals surface area contributed by atoms with Gasteiger partial charge in [0.1, 0.15) is 17.2 Å². The maximum atomic E-state index is 12.2. The second kappa shape index (κ2) is 10.1. The summed E-state index contributed by atoms with van der Waals surface area (Å²) in [7, 11) is 3.06. The SMILES string of the molecule is COc1cc(CCC(=O)O[C@@H](C)C(=O)Nc2ccccc2[N+](=O)[O-])cc(OC)c1. The monoisotopic (exact) mass is 402 g/mol. The predicted molar refractivity (Wildman–Crippen MR) is 105 cm³/mol. The summed E-state index contributed by atoms with van der Waals surface area (Å²) in [5, 5.41) is 13.4.